The third-order valence-electron chi connectivity index (χ3n) is 6.99. The molecule has 2 heterocycles. The lowest BCUT2D eigenvalue weighted by Gasteiger charge is -2.34. The highest BCUT2D eigenvalue weighted by molar-refractivity contribution is 7.72. The number of pyridine rings is 2. The Morgan fingerprint density at radius 2 is 1.22 bits per heavy atom. The SMILES string of the molecule is CC(C)(C)C1C(CP(c2ccccn2)c2ccccn2)=C(CP)C(c2ccccc2)=C1c1ccccc1. The van der Waals surface area contributed by atoms with Crippen LogP contribution in [0.3, 0.4) is 0 Å². The monoisotopic (exact) mass is 520 g/mol. The van der Waals surface area contributed by atoms with Crippen LogP contribution in [-0.2, 0) is 0 Å². The molecule has 2 nitrogen and oxygen atoms in total. The highest BCUT2D eigenvalue weighted by Crippen LogP contribution is 2.56. The fourth-order valence-corrected chi connectivity index (χ4v) is 8.21. The Hall–Kier alpha value is -2.92. The van der Waals surface area contributed by atoms with Gasteiger partial charge in [0, 0.05) is 32.4 Å². The molecule has 0 spiro atoms. The molecule has 0 saturated heterocycles. The van der Waals surface area contributed by atoms with Gasteiger partial charge in [-0.2, -0.15) is 0 Å². The summed E-state index contributed by atoms with van der Waals surface area (Å²) >= 11 is 0. The molecule has 186 valence electrons. The molecule has 37 heavy (non-hydrogen) atoms. The van der Waals surface area contributed by atoms with Crippen molar-refractivity contribution in [1.29, 1.82) is 0 Å². The number of aromatic nitrogens is 2. The second kappa shape index (κ2) is 11.2. The van der Waals surface area contributed by atoms with Crippen LogP contribution in [-0.4, -0.2) is 22.3 Å². The van der Waals surface area contributed by atoms with Gasteiger partial charge in [0.05, 0.1) is 10.9 Å². The van der Waals surface area contributed by atoms with Crippen molar-refractivity contribution in [3.05, 3.63) is 132 Å². The van der Waals surface area contributed by atoms with Crippen molar-refractivity contribution >= 4 is 39.2 Å². The molecule has 2 aromatic carbocycles. The molecular weight excluding hydrogens is 486 g/mol. The predicted molar refractivity (Wildman–Crippen MR) is 164 cm³/mol. The quantitative estimate of drug-likeness (QED) is 0.238. The van der Waals surface area contributed by atoms with Crippen LogP contribution >= 0.6 is 17.2 Å². The molecule has 0 radical (unpaired) electrons. The third-order valence-corrected chi connectivity index (χ3v) is 9.69. The first kappa shape index (κ1) is 25.7. The highest BCUT2D eigenvalue weighted by Gasteiger charge is 2.41. The summed E-state index contributed by atoms with van der Waals surface area (Å²) in [7, 11) is 2.28. The summed E-state index contributed by atoms with van der Waals surface area (Å²) in [5, 5.41) is 0. The maximum atomic E-state index is 4.84. The molecule has 0 fully saturated rings. The van der Waals surface area contributed by atoms with E-state index in [4.69, 9.17) is 9.97 Å². The van der Waals surface area contributed by atoms with Gasteiger partial charge in [-0.25, -0.2) is 0 Å². The van der Waals surface area contributed by atoms with E-state index in [0.717, 1.165) is 23.2 Å². The van der Waals surface area contributed by atoms with Crippen molar-refractivity contribution < 1.29 is 0 Å². The second-order valence-electron chi connectivity index (χ2n) is 10.5. The lowest BCUT2D eigenvalue weighted by atomic mass is 9.72. The maximum Gasteiger partial charge on any atom is 0.0695 e. The standard InChI is InChI=1S/C33H34N2P2/c1-33(2,3)32-27(23-37(28-18-10-12-20-34-28)29-19-11-13-21-35-29)26(22-36)30(24-14-6-4-7-15-24)31(32)25-16-8-5-9-17-25/h4-21,32H,22-23,36H2,1-3H3. The molecule has 4 heteroatoms. The zero-order chi connectivity index (χ0) is 25.8. The topological polar surface area (TPSA) is 25.8 Å². The van der Waals surface area contributed by atoms with Gasteiger partial charge in [0.15, 0.2) is 0 Å². The van der Waals surface area contributed by atoms with Crippen molar-refractivity contribution in [3.63, 3.8) is 0 Å². The van der Waals surface area contributed by atoms with Crippen LogP contribution < -0.4 is 10.9 Å². The van der Waals surface area contributed by atoms with Crippen molar-refractivity contribution in [2.75, 3.05) is 12.3 Å². The molecule has 4 aromatic rings. The summed E-state index contributed by atoms with van der Waals surface area (Å²) in [6.07, 6.45) is 5.69. The number of nitrogens with zero attached hydrogens (tertiary/aromatic N) is 2. The van der Waals surface area contributed by atoms with Gasteiger partial charge in [-0.15, -0.1) is 9.24 Å². The molecule has 0 bridgehead atoms. The number of hydrogen-bond acceptors (Lipinski definition) is 2. The number of hydrogen-bond donors (Lipinski definition) is 0. The Morgan fingerprint density at radius 3 is 1.68 bits per heavy atom. The second-order valence-corrected chi connectivity index (χ2v) is 13.0. The van der Waals surface area contributed by atoms with Gasteiger partial charge in [0.1, 0.15) is 0 Å². The van der Waals surface area contributed by atoms with Crippen LogP contribution in [0.1, 0.15) is 31.9 Å². The van der Waals surface area contributed by atoms with Gasteiger partial charge in [-0.1, -0.05) is 99.1 Å². The summed E-state index contributed by atoms with van der Waals surface area (Å²) < 4.78 is 0. The van der Waals surface area contributed by atoms with Gasteiger partial charge in [0.25, 0.3) is 0 Å². The first-order chi connectivity index (χ1) is 18.0. The lowest BCUT2D eigenvalue weighted by Crippen LogP contribution is -2.27. The van der Waals surface area contributed by atoms with Crippen LogP contribution in [0.5, 0.6) is 0 Å². The minimum Gasteiger partial charge on any atom is -0.256 e. The third kappa shape index (κ3) is 5.38. The summed E-state index contributed by atoms with van der Waals surface area (Å²) in [6.45, 7) is 7.16. The zero-order valence-electron chi connectivity index (χ0n) is 21.8. The molecule has 1 aliphatic rings. The molecule has 2 aromatic heterocycles. The van der Waals surface area contributed by atoms with Gasteiger partial charge in [-0.05, 0) is 63.7 Å². The first-order valence-corrected chi connectivity index (χ1v) is 15.2. The van der Waals surface area contributed by atoms with Gasteiger partial charge >= 0.3 is 0 Å². The Bertz CT molecular complexity index is 1350. The fourth-order valence-electron chi connectivity index (χ4n) is 5.53. The fraction of sp³-hybridized carbons (Fsp3) is 0.212. The highest BCUT2D eigenvalue weighted by atomic mass is 31.1. The van der Waals surface area contributed by atoms with E-state index in [1.165, 1.54) is 33.4 Å². The van der Waals surface area contributed by atoms with Crippen LogP contribution in [0.4, 0.5) is 0 Å². The van der Waals surface area contributed by atoms with Gasteiger partial charge in [-0.3, -0.25) is 9.97 Å². The van der Waals surface area contributed by atoms with Crippen molar-refractivity contribution in [3.8, 4) is 0 Å². The minimum absolute atomic E-state index is 0.0390. The number of allylic oxidation sites excluding steroid dienone is 4. The zero-order valence-corrected chi connectivity index (χ0v) is 23.9. The Morgan fingerprint density at radius 1 is 0.703 bits per heavy atom. The Balaban J connectivity index is 1.74. The lowest BCUT2D eigenvalue weighted by molar-refractivity contribution is 0.342. The average Bonchev–Trinajstić information content (AvgIpc) is 3.28. The molecule has 0 aliphatic heterocycles. The van der Waals surface area contributed by atoms with Gasteiger partial charge in [0.2, 0.25) is 0 Å². The van der Waals surface area contributed by atoms with E-state index in [0.29, 0.717) is 0 Å². The average molecular weight is 521 g/mol. The Kier molecular flexibility index (Phi) is 7.80. The molecule has 0 amide bonds. The minimum atomic E-state index is -0.760. The summed E-state index contributed by atoms with van der Waals surface area (Å²) in [5.41, 5.74) is 10.7. The summed E-state index contributed by atoms with van der Waals surface area (Å²) in [6, 6.07) is 34.5. The number of rotatable bonds is 7. The number of benzene rings is 2. The molecule has 5 rings (SSSR count). The van der Waals surface area contributed by atoms with Crippen molar-refractivity contribution in [1.82, 2.24) is 9.97 Å². The Labute approximate surface area is 225 Å². The molecule has 1 aliphatic carbocycles. The van der Waals surface area contributed by atoms with Gasteiger partial charge < -0.3 is 0 Å². The smallest absolute Gasteiger partial charge is 0.0695 e. The largest absolute Gasteiger partial charge is 0.256 e. The van der Waals surface area contributed by atoms with Crippen molar-refractivity contribution in [2.24, 2.45) is 11.3 Å². The summed E-state index contributed by atoms with van der Waals surface area (Å²) in [5.74, 6) is 0.290. The normalized spacial score (nSPS) is 16.1. The van der Waals surface area contributed by atoms with E-state index < -0.39 is 7.92 Å². The van der Waals surface area contributed by atoms with Crippen LogP contribution in [0.15, 0.2) is 121 Å². The van der Waals surface area contributed by atoms with Crippen LogP contribution in [0.25, 0.3) is 11.1 Å². The van der Waals surface area contributed by atoms with E-state index in [1.807, 2.05) is 24.5 Å². The molecule has 2 unspecified atom stereocenters. The first-order valence-electron chi connectivity index (χ1n) is 12.9. The van der Waals surface area contributed by atoms with E-state index >= 15 is 0 Å². The van der Waals surface area contributed by atoms with E-state index in [2.05, 4.69) is 115 Å². The molecular formula is C33H34N2P2. The van der Waals surface area contributed by atoms with E-state index in [1.54, 1.807) is 0 Å². The van der Waals surface area contributed by atoms with E-state index in [9.17, 15) is 0 Å². The predicted octanol–water partition coefficient (Wildman–Crippen LogP) is 7.37. The molecule has 0 saturated carbocycles. The van der Waals surface area contributed by atoms with Crippen LogP contribution in [0, 0.1) is 11.3 Å². The molecule has 0 N–H and O–H groups in total. The van der Waals surface area contributed by atoms with Crippen LogP contribution in [0.2, 0.25) is 0 Å². The molecule has 2 atom stereocenters. The van der Waals surface area contributed by atoms with E-state index in [-0.39, 0.29) is 11.3 Å². The maximum absolute atomic E-state index is 4.84. The summed E-state index contributed by atoms with van der Waals surface area (Å²) in [4.78, 5) is 9.67. The van der Waals surface area contributed by atoms with Crippen molar-refractivity contribution in [2.45, 2.75) is 20.8 Å².